The third-order valence-corrected chi connectivity index (χ3v) is 6.79. The Hall–Kier alpha value is -0.860. The molecule has 1 fully saturated rings. The van der Waals surface area contributed by atoms with E-state index in [1.54, 1.807) is 11.8 Å². The van der Waals surface area contributed by atoms with E-state index in [4.69, 9.17) is 5.73 Å². The number of hydrogen-bond donors (Lipinski definition) is 1. The molecule has 4 nitrogen and oxygen atoms in total. The van der Waals surface area contributed by atoms with Crippen LogP contribution >= 0.6 is 11.8 Å². The first-order valence-electron chi connectivity index (χ1n) is 6.53. The van der Waals surface area contributed by atoms with Gasteiger partial charge in [-0.3, -0.25) is 0 Å². The molecule has 8 heteroatoms. The number of benzene rings is 1. The maximum Gasteiger partial charge on any atom is 0.246 e. The van der Waals surface area contributed by atoms with Crippen molar-refractivity contribution in [2.45, 2.75) is 29.9 Å². The van der Waals surface area contributed by atoms with Gasteiger partial charge in [0.25, 0.3) is 0 Å². The van der Waals surface area contributed by atoms with Gasteiger partial charge in [0.05, 0.1) is 0 Å². The Kier molecular flexibility index (Phi) is 4.51. The van der Waals surface area contributed by atoms with Gasteiger partial charge in [-0.15, -0.1) is 0 Å². The van der Waals surface area contributed by atoms with Crippen molar-refractivity contribution in [2.75, 3.05) is 24.6 Å². The molecule has 0 aliphatic carbocycles. The number of anilines is 1. The summed E-state index contributed by atoms with van der Waals surface area (Å²) in [6, 6.07) is 1.81. The first-order valence-corrected chi connectivity index (χ1v) is 8.95. The Morgan fingerprint density at radius 1 is 1.29 bits per heavy atom. The Bertz CT molecular complexity index is 648. The molecule has 0 aromatic heterocycles. The van der Waals surface area contributed by atoms with Crippen molar-refractivity contribution in [3.8, 4) is 0 Å². The highest BCUT2D eigenvalue weighted by Gasteiger charge is 2.33. The van der Waals surface area contributed by atoms with Gasteiger partial charge in [0, 0.05) is 23.6 Å². The Morgan fingerprint density at radius 3 is 2.62 bits per heavy atom. The van der Waals surface area contributed by atoms with Crippen molar-refractivity contribution in [3.63, 3.8) is 0 Å². The van der Waals surface area contributed by atoms with E-state index in [1.165, 1.54) is 4.31 Å². The van der Waals surface area contributed by atoms with Crippen LogP contribution in [0, 0.1) is 11.6 Å². The topological polar surface area (TPSA) is 63.4 Å². The van der Waals surface area contributed by atoms with Crippen LogP contribution in [0.2, 0.25) is 0 Å². The molecule has 2 N–H and O–H groups in total. The lowest BCUT2D eigenvalue weighted by Crippen LogP contribution is -2.34. The number of nitrogens with zero attached hydrogens (tertiary/aromatic N) is 1. The molecular weight excluding hydrogens is 318 g/mol. The summed E-state index contributed by atoms with van der Waals surface area (Å²) in [6.45, 7) is 4.70. The highest BCUT2D eigenvalue weighted by Crippen LogP contribution is 2.33. The summed E-state index contributed by atoms with van der Waals surface area (Å²) in [6.07, 6.45) is 0.662. The average molecular weight is 336 g/mol. The molecule has 0 unspecified atom stereocenters. The van der Waals surface area contributed by atoms with Crippen molar-refractivity contribution < 1.29 is 17.2 Å². The van der Waals surface area contributed by atoms with Crippen LogP contribution in [0.15, 0.2) is 17.0 Å². The van der Waals surface area contributed by atoms with Crippen LogP contribution in [0.25, 0.3) is 0 Å². The minimum Gasteiger partial charge on any atom is -0.394 e. The lowest BCUT2D eigenvalue weighted by molar-refractivity contribution is 0.412. The van der Waals surface area contributed by atoms with Gasteiger partial charge in [-0.1, -0.05) is 13.8 Å². The van der Waals surface area contributed by atoms with Gasteiger partial charge in [-0.05, 0) is 18.6 Å². The summed E-state index contributed by atoms with van der Waals surface area (Å²) in [7, 11) is -4.01. The number of nitrogen functional groups attached to an aromatic ring is 1. The Balaban J connectivity index is 2.37. The SMILES string of the molecule is CC1(C)CCN(S(=O)(=O)c2ccc(F)c(N)c2F)CCS1. The fourth-order valence-corrected chi connectivity index (χ4v) is 4.86. The number of thioether (sulfide) groups is 1. The number of sulfonamides is 1. The van der Waals surface area contributed by atoms with Gasteiger partial charge < -0.3 is 5.73 Å². The van der Waals surface area contributed by atoms with E-state index in [2.05, 4.69) is 0 Å². The summed E-state index contributed by atoms with van der Waals surface area (Å²) in [5, 5.41) is 0. The zero-order valence-corrected chi connectivity index (χ0v) is 13.5. The molecule has 0 atom stereocenters. The third kappa shape index (κ3) is 3.32. The standard InChI is InChI=1S/C13H18F2N2O2S2/c1-13(2)5-6-17(7-8-20-13)21(18,19)10-4-3-9(14)12(16)11(10)15/h3-4H,5-8,16H2,1-2H3. The molecule has 21 heavy (non-hydrogen) atoms. The molecule has 0 spiro atoms. The highest BCUT2D eigenvalue weighted by atomic mass is 32.2. The van der Waals surface area contributed by atoms with Crippen LogP contribution in [0.1, 0.15) is 20.3 Å². The van der Waals surface area contributed by atoms with Gasteiger partial charge in [-0.2, -0.15) is 16.1 Å². The van der Waals surface area contributed by atoms with E-state index < -0.39 is 32.2 Å². The smallest absolute Gasteiger partial charge is 0.246 e. The zero-order valence-electron chi connectivity index (χ0n) is 11.9. The number of nitrogens with two attached hydrogens (primary N) is 1. The Morgan fingerprint density at radius 2 is 1.95 bits per heavy atom. The summed E-state index contributed by atoms with van der Waals surface area (Å²) >= 11 is 1.68. The molecule has 1 aliphatic heterocycles. The van der Waals surface area contributed by atoms with E-state index >= 15 is 0 Å². The van der Waals surface area contributed by atoms with E-state index in [0.29, 0.717) is 25.3 Å². The predicted octanol–water partition coefficient (Wildman–Crippen LogP) is 2.45. The lowest BCUT2D eigenvalue weighted by Gasteiger charge is -2.22. The van der Waals surface area contributed by atoms with Crippen molar-refractivity contribution in [3.05, 3.63) is 23.8 Å². The van der Waals surface area contributed by atoms with Crippen molar-refractivity contribution in [2.24, 2.45) is 0 Å². The fraction of sp³-hybridized carbons (Fsp3) is 0.538. The molecule has 1 saturated heterocycles. The predicted molar refractivity (Wildman–Crippen MR) is 80.7 cm³/mol. The van der Waals surface area contributed by atoms with Crippen LogP contribution in [-0.2, 0) is 10.0 Å². The monoisotopic (exact) mass is 336 g/mol. The molecule has 0 saturated carbocycles. The number of hydrogen-bond acceptors (Lipinski definition) is 4. The zero-order chi connectivity index (χ0) is 15.8. The van der Waals surface area contributed by atoms with Crippen LogP contribution in [0.3, 0.4) is 0 Å². The van der Waals surface area contributed by atoms with Crippen molar-refractivity contribution >= 4 is 27.5 Å². The van der Waals surface area contributed by atoms with Gasteiger partial charge in [0.15, 0.2) is 5.82 Å². The minimum absolute atomic E-state index is 0.0232. The second kappa shape index (κ2) is 5.73. The molecule has 0 bridgehead atoms. The molecule has 2 rings (SSSR count). The summed E-state index contributed by atoms with van der Waals surface area (Å²) < 4.78 is 53.5. The second-order valence-electron chi connectivity index (χ2n) is 5.54. The van der Waals surface area contributed by atoms with Gasteiger partial charge >= 0.3 is 0 Å². The van der Waals surface area contributed by atoms with Crippen LogP contribution in [0.5, 0.6) is 0 Å². The van der Waals surface area contributed by atoms with Crippen LogP contribution in [0.4, 0.5) is 14.5 Å². The molecule has 0 radical (unpaired) electrons. The number of halogens is 2. The van der Waals surface area contributed by atoms with E-state index in [1.807, 2.05) is 13.8 Å². The van der Waals surface area contributed by atoms with Crippen molar-refractivity contribution in [1.82, 2.24) is 4.31 Å². The largest absolute Gasteiger partial charge is 0.394 e. The molecule has 1 heterocycles. The summed E-state index contributed by atoms with van der Waals surface area (Å²) in [4.78, 5) is -0.564. The van der Waals surface area contributed by atoms with Gasteiger partial charge in [0.2, 0.25) is 10.0 Å². The second-order valence-corrected chi connectivity index (χ2v) is 9.24. The van der Waals surface area contributed by atoms with Crippen molar-refractivity contribution in [1.29, 1.82) is 0 Å². The van der Waals surface area contributed by atoms with E-state index in [9.17, 15) is 17.2 Å². The molecule has 1 aliphatic rings. The molecule has 118 valence electrons. The normalized spacial score (nSPS) is 20.2. The minimum atomic E-state index is -4.01. The lowest BCUT2D eigenvalue weighted by atomic mass is 10.1. The summed E-state index contributed by atoms with van der Waals surface area (Å²) in [5.74, 6) is -1.55. The van der Waals surface area contributed by atoms with Gasteiger partial charge in [-0.25, -0.2) is 17.2 Å². The quantitative estimate of drug-likeness (QED) is 0.843. The third-order valence-electron chi connectivity index (χ3n) is 3.51. The maximum atomic E-state index is 14.0. The molecule has 1 aromatic rings. The molecular formula is C13H18F2N2O2S2. The number of rotatable bonds is 2. The Labute approximate surface area is 127 Å². The van der Waals surface area contributed by atoms with Crippen LogP contribution in [-0.4, -0.2) is 36.3 Å². The maximum absolute atomic E-state index is 14.0. The van der Waals surface area contributed by atoms with E-state index in [-0.39, 0.29) is 4.75 Å². The van der Waals surface area contributed by atoms with Gasteiger partial charge in [0.1, 0.15) is 16.4 Å². The first kappa shape index (κ1) is 16.5. The summed E-state index contributed by atoms with van der Waals surface area (Å²) in [5.41, 5.74) is 4.48. The fourth-order valence-electron chi connectivity index (χ4n) is 2.13. The van der Waals surface area contributed by atoms with Crippen LogP contribution < -0.4 is 5.73 Å². The molecule has 0 amide bonds. The first-order chi connectivity index (χ1) is 9.65. The highest BCUT2D eigenvalue weighted by molar-refractivity contribution is 8.00. The molecule has 1 aromatic carbocycles. The average Bonchev–Trinajstić information content (AvgIpc) is 2.57. The van der Waals surface area contributed by atoms with E-state index in [0.717, 1.165) is 12.1 Å².